The number of H-pyrrole nitrogens is 1. The van der Waals surface area contributed by atoms with Crippen molar-refractivity contribution in [1.29, 1.82) is 0 Å². The summed E-state index contributed by atoms with van der Waals surface area (Å²) in [5, 5.41) is 8.28. The van der Waals surface area contributed by atoms with E-state index in [2.05, 4.69) is 46.3 Å². The molecule has 0 unspecified atom stereocenters. The smallest absolute Gasteiger partial charge is 0.181 e. The molecule has 1 aromatic heterocycles. The van der Waals surface area contributed by atoms with Crippen LogP contribution in [0.2, 0.25) is 5.02 Å². The van der Waals surface area contributed by atoms with Crippen LogP contribution in [0.25, 0.3) is 11.4 Å². The molecule has 0 saturated carbocycles. The molecule has 1 aliphatic heterocycles. The zero-order valence-electron chi connectivity index (χ0n) is 15.7. The summed E-state index contributed by atoms with van der Waals surface area (Å²) in [6.45, 7) is 5.50. The van der Waals surface area contributed by atoms with Gasteiger partial charge < -0.3 is 4.90 Å². The third kappa shape index (κ3) is 4.57. The summed E-state index contributed by atoms with van der Waals surface area (Å²) in [7, 11) is 0. The third-order valence-corrected chi connectivity index (χ3v) is 5.67. The van der Waals surface area contributed by atoms with E-state index in [4.69, 9.17) is 16.6 Å². The Morgan fingerprint density at radius 3 is 2.44 bits per heavy atom. The summed E-state index contributed by atoms with van der Waals surface area (Å²) in [4.78, 5) is 7.29. The lowest BCUT2D eigenvalue weighted by Gasteiger charge is -2.30. The van der Waals surface area contributed by atoms with Gasteiger partial charge in [-0.3, -0.25) is 5.10 Å². The van der Waals surface area contributed by atoms with E-state index in [1.807, 2.05) is 24.3 Å². The normalized spacial score (nSPS) is 15.9. The minimum atomic E-state index is 0.467. The fourth-order valence-electron chi connectivity index (χ4n) is 3.66. The zero-order valence-corrected chi connectivity index (χ0v) is 16.4. The Morgan fingerprint density at radius 2 is 1.74 bits per heavy atom. The molecule has 0 radical (unpaired) electrons. The van der Waals surface area contributed by atoms with Crippen LogP contribution in [-0.4, -0.2) is 39.7 Å². The number of benzene rings is 2. The molecule has 27 heavy (non-hydrogen) atoms. The Balaban J connectivity index is 1.30. The van der Waals surface area contributed by atoms with Crippen LogP contribution < -0.4 is 0 Å². The van der Waals surface area contributed by atoms with E-state index in [1.54, 1.807) is 0 Å². The zero-order chi connectivity index (χ0) is 18.6. The maximum Gasteiger partial charge on any atom is 0.181 e. The summed E-state index contributed by atoms with van der Waals surface area (Å²) in [6.07, 6.45) is 3.38. The van der Waals surface area contributed by atoms with Crippen molar-refractivity contribution in [2.24, 2.45) is 0 Å². The van der Waals surface area contributed by atoms with Gasteiger partial charge in [0.15, 0.2) is 5.82 Å². The van der Waals surface area contributed by atoms with Gasteiger partial charge >= 0.3 is 0 Å². The first-order valence-electron chi connectivity index (χ1n) is 9.63. The topological polar surface area (TPSA) is 44.8 Å². The number of hydrogen-bond acceptors (Lipinski definition) is 3. The molecule has 1 saturated heterocycles. The maximum atomic E-state index is 5.96. The molecule has 0 bridgehead atoms. The summed E-state index contributed by atoms with van der Waals surface area (Å²) in [5.41, 5.74) is 3.74. The van der Waals surface area contributed by atoms with E-state index in [0.717, 1.165) is 61.1 Å². The fraction of sp³-hybridized carbons (Fsp3) is 0.364. The molecule has 2 aromatic carbocycles. The van der Waals surface area contributed by atoms with Gasteiger partial charge in [-0.15, -0.1) is 0 Å². The van der Waals surface area contributed by atoms with Gasteiger partial charge in [0, 0.05) is 23.0 Å². The Morgan fingerprint density at radius 1 is 1.04 bits per heavy atom. The molecular weight excluding hydrogens is 356 g/mol. The molecule has 2 heterocycles. The number of likely N-dealkylation sites (tertiary alicyclic amines) is 1. The van der Waals surface area contributed by atoms with Gasteiger partial charge in [0.05, 0.1) is 0 Å². The Kier molecular flexibility index (Phi) is 5.55. The van der Waals surface area contributed by atoms with E-state index in [1.165, 1.54) is 11.1 Å². The van der Waals surface area contributed by atoms with E-state index in [9.17, 15) is 0 Å². The number of hydrogen-bond donors (Lipinski definition) is 1. The van der Waals surface area contributed by atoms with Crippen molar-refractivity contribution in [1.82, 2.24) is 20.1 Å². The maximum absolute atomic E-state index is 5.96. The van der Waals surface area contributed by atoms with Crippen LogP contribution in [-0.2, 0) is 6.42 Å². The molecule has 0 spiro atoms. The first-order valence-corrected chi connectivity index (χ1v) is 10.0. The summed E-state index contributed by atoms with van der Waals surface area (Å²) in [6, 6.07) is 16.6. The number of halogens is 1. The molecule has 4 rings (SSSR count). The van der Waals surface area contributed by atoms with Gasteiger partial charge in [-0.25, -0.2) is 4.98 Å². The molecule has 4 nitrogen and oxygen atoms in total. The SMILES string of the molecule is Cc1ccc(CCN2CCC(c3nc(-c4ccc(Cl)cc4)n[nH]3)CC2)cc1. The van der Waals surface area contributed by atoms with Crippen LogP contribution in [0.1, 0.15) is 35.7 Å². The van der Waals surface area contributed by atoms with Crippen LogP contribution >= 0.6 is 11.6 Å². The molecule has 1 aliphatic rings. The van der Waals surface area contributed by atoms with Crippen LogP contribution in [0.5, 0.6) is 0 Å². The number of aromatic amines is 1. The Bertz CT molecular complexity index is 862. The van der Waals surface area contributed by atoms with Crippen molar-refractivity contribution in [2.45, 2.75) is 32.1 Å². The second kappa shape index (κ2) is 8.24. The second-order valence-corrected chi connectivity index (χ2v) is 7.84. The van der Waals surface area contributed by atoms with E-state index in [-0.39, 0.29) is 0 Å². The van der Waals surface area contributed by atoms with Crippen molar-refractivity contribution >= 4 is 11.6 Å². The summed E-state index contributed by atoms with van der Waals surface area (Å²) >= 11 is 5.96. The standard InChI is InChI=1S/C22H25ClN4/c1-16-2-4-17(5-3-16)10-13-27-14-11-19(12-15-27)22-24-21(25-26-22)18-6-8-20(23)9-7-18/h2-9,19H,10-15H2,1H3,(H,24,25,26). The lowest BCUT2D eigenvalue weighted by molar-refractivity contribution is 0.211. The van der Waals surface area contributed by atoms with Crippen molar-refractivity contribution in [3.8, 4) is 11.4 Å². The molecular formula is C22H25ClN4. The number of piperidine rings is 1. The Hall–Kier alpha value is -2.17. The number of aromatic nitrogens is 3. The highest BCUT2D eigenvalue weighted by Gasteiger charge is 2.23. The second-order valence-electron chi connectivity index (χ2n) is 7.40. The fourth-order valence-corrected chi connectivity index (χ4v) is 3.78. The van der Waals surface area contributed by atoms with E-state index < -0.39 is 0 Å². The van der Waals surface area contributed by atoms with Crippen molar-refractivity contribution < 1.29 is 0 Å². The van der Waals surface area contributed by atoms with Crippen LogP contribution in [0.15, 0.2) is 48.5 Å². The molecule has 0 amide bonds. The molecule has 1 N–H and O–H groups in total. The average Bonchev–Trinajstić information content (AvgIpc) is 3.19. The minimum absolute atomic E-state index is 0.467. The third-order valence-electron chi connectivity index (χ3n) is 5.42. The van der Waals surface area contributed by atoms with Crippen molar-refractivity contribution in [2.75, 3.05) is 19.6 Å². The Labute approximate surface area is 165 Å². The van der Waals surface area contributed by atoms with Gasteiger partial charge in [-0.2, -0.15) is 5.10 Å². The highest BCUT2D eigenvalue weighted by atomic mass is 35.5. The van der Waals surface area contributed by atoms with Gasteiger partial charge in [0.1, 0.15) is 5.82 Å². The lowest BCUT2D eigenvalue weighted by atomic mass is 9.96. The number of aryl methyl sites for hydroxylation is 1. The summed E-state index contributed by atoms with van der Waals surface area (Å²) in [5.74, 6) is 2.23. The number of nitrogens with zero attached hydrogens (tertiary/aromatic N) is 3. The number of nitrogens with one attached hydrogen (secondary N) is 1. The first-order chi connectivity index (χ1) is 13.2. The van der Waals surface area contributed by atoms with E-state index >= 15 is 0 Å². The molecule has 140 valence electrons. The quantitative estimate of drug-likeness (QED) is 0.687. The van der Waals surface area contributed by atoms with Crippen molar-refractivity contribution in [3.63, 3.8) is 0 Å². The van der Waals surface area contributed by atoms with Gasteiger partial charge in [-0.05, 0) is 69.1 Å². The van der Waals surface area contributed by atoms with Gasteiger partial charge in [0.25, 0.3) is 0 Å². The van der Waals surface area contributed by atoms with Crippen LogP contribution in [0.4, 0.5) is 0 Å². The van der Waals surface area contributed by atoms with Gasteiger partial charge in [0.2, 0.25) is 0 Å². The van der Waals surface area contributed by atoms with Crippen LogP contribution in [0.3, 0.4) is 0 Å². The predicted molar refractivity (Wildman–Crippen MR) is 110 cm³/mol. The molecule has 3 aromatic rings. The minimum Gasteiger partial charge on any atom is -0.303 e. The number of rotatable bonds is 5. The summed E-state index contributed by atoms with van der Waals surface area (Å²) < 4.78 is 0. The lowest BCUT2D eigenvalue weighted by Crippen LogP contribution is -2.34. The molecule has 0 atom stereocenters. The molecule has 1 fully saturated rings. The highest BCUT2D eigenvalue weighted by Crippen LogP contribution is 2.27. The largest absolute Gasteiger partial charge is 0.303 e. The van der Waals surface area contributed by atoms with Crippen LogP contribution in [0, 0.1) is 6.92 Å². The highest BCUT2D eigenvalue weighted by molar-refractivity contribution is 6.30. The van der Waals surface area contributed by atoms with Gasteiger partial charge in [-0.1, -0.05) is 41.4 Å². The average molecular weight is 381 g/mol. The first kappa shape index (κ1) is 18.2. The predicted octanol–water partition coefficient (Wildman–Crippen LogP) is 4.86. The molecule has 0 aliphatic carbocycles. The van der Waals surface area contributed by atoms with E-state index in [0.29, 0.717) is 5.92 Å². The molecule has 5 heteroatoms. The van der Waals surface area contributed by atoms with Crippen molar-refractivity contribution in [3.05, 3.63) is 70.5 Å². The monoisotopic (exact) mass is 380 g/mol.